The molecule has 0 atom stereocenters. The SMILES string of the molecule is Nc1nc2ccnn2cc1-c1ccc(F)cc1. The van der Waals surface area contributed by atoms with E-state index in [1.165, 1.54) is 12.1 Å². The summed E-state index contributed by atoms with van der Waals surface area (Å²) in [5.41, 5.74) is 8.11. The number of fused-ring (bicyclic) bond motifs is 1. The van der Waals surface area contributed by atoms with Gasteiger partial charge in [0.2, 0.25) is 0 Å². The fourth-order valence-corrected chi connectivity index (χ4v) is 1.72. The molecular formula is C12H9FN4. The zero-order valence-electron chi connectivity index (χ0n) is 8.84. The Balaban J connectivity index is 2.21. The summed E-state index contributed by atoms with van der Waals surface area (Å²) < 4.78 is 14.5. The van der Waals surface area contributed by atoms with Crippen LogP contribution in [0.5, 0.6) is 0 Å². The van der Waals surface area contributed by atoms with E-state index < -0.39 is 0 Å². The molecule has 0 saturated heterocycles. The Hall–Kier alpha value is -2.43. The van der Waals surface area contributed by atoms with Gasteiger partial charge in [0.1, 0.15) is 11.6 Å². The fraction of sp³-hybridized carbons (Fsp3) is 0. The van der Waals surface area contributed by atoms with E-state index in [1.54, 1.807) is 35.1 Å². The first kappa shape index (κ1) is 9.77. The Morgan fingerprint density at radius 1 is 1.12 bits per heavy atom. The Kier molecular flexibility index (Phi) is 2.04. The Bertz CT molecular complexity index is 673. The van der Waals surface area contributed by atoms with Crippen LogP contribution in [0.3, 0.4) is 0 Å². The first-order chi connectivity index (χ1) is 8.24. The van der Waals surface area contributed by atoms with Crippen molar-refractivity contribution >= 4 is 11.5 Å². The maximum atomic E-state index is 12.8. The normalized spacial score (nSPS) is 10.9. The van der Waals surface area contributed by atoms with Crippen LogP contribution >= 0.6 is 0 Å². The molecular weight excluding hydrogens is 219 g/mol. The van der Waals surface area contributed by atoms with E-state index in [0.717, 1.165) is 11.1 Å². The highest BCUT2D eigenvalue weighted by molar-refractivity contribution is 5.74. The number of aromatic nitrogens is 3. The minimum atomic E-state index is -0.277. The topological polar surface area (TPSA) is 56.2 Å². The van der Waals surface area contributed by atoms with Gasteiger partial charge in [-0.3, -0.25) is 0 Å². The minimum Gasteiger partial charge on any atom is -0.383 e. The molecule has 0 bridgehead atoms. The van der Waals surface area contributed by atoms with Crippen LogP contribution in [0.2, 0.25) is 0 Å². The fourth-order valence-electron chi connectivity index (χ4n) is 1.72. The van der Waals surface area contributed by atoms with Gasteiger partial charge in [-0.15, -0.1) is 0 Å². The highest BCUT2D eigenvalue weighted by atomic mass is 19.1. The van der Waals surface area contributed by atoms with Crippen LogP contribution in [0.25, 0.3) is 16.8 Å². The third-order valence-corrected chi connectivity index (χ3v) is 2.57. The molecule has 4 nitrogen and oxygen atoms in total. The summed E-state index contributed by atoms with van der Waals surface area (Å²) >= 11 is 0. The maximum Gasteiger partial charge on any atom is 0.157 e. The summed E-state index contributed by atoms with van der Waals surface area (Å²) in [5, 5.41) is 4.09. The van der Waals surface area contributed by atoms with Gasteiger partial charge in [-0.1, -0.05) is 12.1 Å². The first-order valence-electron chi connectivity index (χ1n) is 5.10. The molecule has 17 heavy (non-hydrogen) atoms. The van der Waals surface area contributed by atoms with Crippen LogP contribution in [0.4, 0.5) is 10.2 Å². The number of rotatable bonds is 1. The van der Waals surface area contributed by atoms with E-state index >= 15 is 0 Å². The van der Waals surface area contributed by atoms with Gasteiger partial charge in [-0.05, 0) is 17.7 Å². The van der Waals surface area contributed by atoms with Crippen molar-refractivity contribution < 1.29 is 4.39 Å². The molecule has 1 aromatic carbocycles. The second-order valence-corrected chi connectivity index (χ2v) is 3.68. The summed E-state index contributed by atoms with van der Waals surface area (Å²) in [5.74, 6) is 0.130. The molecule has 0 fully saturated rings. The van der Waals surface area contributed by atoms with E-state index in [1.807, 2.05) is 0 Å². The summed E-state index contributed by atoms with van der Waals surface area (Å²) in [6, 6.07) is 7.88. The van der Waals surface area contributed by atoms with E-state index in [-0.39, 0.29) is 5.82 Å². The predicted octanol–water partition coefficient (Wildman–Crippen LogP) is 2.12. The second kappa shape index (κ2) is 3.55. The molecule has 0 unspecified atom stereocenters. The third-order valence-electron chi connectivity index (χ3n) is 2.57. The van der Waals surface area contributed by atoms with Crippen molar-refractivity contribution in [1.29, 1.82) is 0 Å². The summed E-state index contributed by atoms with van der Waals surface area (Å²) in [6.45, 7) is 0. The number of nitrogens with two attached hydrogens (primary N) is 1. The lowest BCUT2D eigenvalue weighted by Crippen LogP contribution is -1.99. The highest BCUT2D eigenvalue weighted by Crippen LogP contribution is 2.24. The Morgan fingerprint density at radius 2 is 1.88 bits per heavy atom. The molecule has 0 radical (unpaired) electrons. The number of nitrogens with zero attached hydrogens (tertiary/aromatic N) is 3. The largest absolute Gasteiger partial charge is 0.383 e. The van der Waals surface area contributed by atoms with Gasteiger partial charge < -0.3 is 5.73 Å². The molecule has 84 valence electrons. The lowest BCUT2D eigenvalue weighted by molar-refractivity contribution is 0.628. The van der Waals surface area contributed by atoms with Crippen LogP contribution in [0.1, 0.15) is 0 Å². The van der Waals surface area contributed by atoms with Crippen molar-refractivity contribution in [2.75, 3.05) is 5.73 Å². The monoisotopic (exact) mass is 228 g/mol. The molecule has 0 aliphatic rings. The van der Waals surface area contributed by atoms with Crippen LogP contribution in [0.15, 0.2) is 42.7 Å². The van der Waals surface area contributed by atoms with Gasteiger partial charge in [-0.25, -0.2) is 13.9 Å². The van der Waals surface area contributed by atoms with Gasteiger partial charge in [0, 0.05) is 17.8 Å². The van der Waals surface area contributed by atoms with Crippen LogP contribution in [-0.4, -0.2) is 14.6 Å². The average Bonchev–Trinajstić information content (AvgIpc) is 2.76. The maximum absolute atomic E-state index is 12.8. The van der Waals surface area contributed by atoms with Crippen LogP contribution < -0.4 is 5.73 Å². The van der Waals surface area contributed by atoms with Gasteiger partial charge in [0.15, 0.2) is 5.65 Å². The average molecular weight is 228 g/mol. The molecule has 0 amide bonds. The van der Waals surface area contributed by atoms with Gasteiger partial charge >= 0.3 is 0 Å². The number of hydrogen-bond acceptors (Lipinski definition) is 3. The molecule has 2 heterocycles. The number of halogens is 1. The molecule has 0 saturated carbocycles. The van der Waals surface area contributed by atoms with Gasteiger partial charge in [0.25, 0.3) is 0 Å². The van der Waals surface area contributed by atoms with Gasteiger partial charge in [0.05, 0.1) is 6.20 Å². The van der Waals surface area contributed by atoms with Crippen molar-refractivity contribution in [1.82, 2.24) is 14.6 Å². The number of anilines is 1. The predicted molar refractivity (Wildman–Crippen MR) is 62.8 cm³/mol. The van der Waals surface area contributed by atoms with Crippen molar-refractivity contribution in [3.05, 3.63) is 48.5 Å². The molecule has 2 N–H and O–H groups in total. The summed E-state index contributed by atoms with van der Waals surface area (Å²) in [4.78, 5) is 4.22. The Labute approximate surface area is 96.5 Å². The minimum absolute atomic E-state index is 0.277. The van der Waals surface area contributed by atoms with E-state index in [4.69, 9.17) is 5.73 Å². The van der Waals surface area contributed by atoms with E-state index in [2.05, 4.69) is 10.1 Å². The molecule has 0 aliphatic carbocycles. The summed E-state index contributed by atoms with van der Waals surface area (Å²) in [6.07, 6.45) is 3.43. The van der Waals surface area contributed by atoms with Gasteiger partial charge in [-0.2, -0.15) is 5.10 Å². The Morgan fingerprint density at radius 3 is 2.65 bits per heavy atom. The molecule has 0 spiro atoms. The standard InChI is InChI=1S/C12H9FN4/c13-9-3-1-8(2-4-9)10-7-17-11(5-6-15-17)16-12(10)14/h1-7H,(H2,14,16). The molecule has 3 rings (SSSR count). The van der Waals surface area contributed by atoms with Crippen molar-refractivity contribution in [2.24, 2.45) is 0 Å². The van der Waals surface area contributed by atoms with E-state index in [0.29, 0.717) is 11.5 Å². The van der Waals surface area contributed by atoms with Crippen molar-refractivity contribution in [3.8, 4) is 11.1 Å². The van der Waals surface area contributed by atoms with Crippen molar-refractivity contribution in [3.63, 3.8) is 0 Å². The van der Waals surface area contributed by atoms with Crippen LogP contribution in [0, 0.1) is 5.82 Å². The first-order valence-corrected chi connectivity index (χ1v) is 5.10. The number of benzene rings is 1. The zero-order valence-corrected chi connectivity index (χ0v) is 8.84. The second-order valence-electron chi connectivity index (χ2n) is 3.68. The smallest absolute Gasteiger partial charge is 0.157 e. The third kappa shape index (κ3) is 1.61. The van der Waals surface area contributed by atoms with Crippen LogP contribution in [-0.2, 0) is 0 Å². The number of hydrogen-bond donors (Lipinski definition) is 1. The lowest BCUT2D eigenvalue weighted by atomic mass is 10.1. The molecule has 3 aromatic rings. The lowest BCUT2D eigenvalue weighted by Gasteiger charge is -2.05. The number of nitrogen functional groups attached to an aromatic ring is 1. The zero-order chi connectivity index (χ0) is 11.8. The van der Waals surface area contributed by atoms with Crippen molar-refractivity contribution in [2.45, 2.75) is 0 Å². The molecule has 5 heteroatoms. The highest BCUT2D eigenvalue weighted by Gasteiger charge is 2.07. The molecule has 2 aromatic heterocycles. The summed E-state index contributed by atoms with van der Waals surface area (Å²) in [7, 11) is 0. The molecule has 0 aliphatic heterocycles. The quantitative estimate of drug-likeness (QED) is 0.694. The van der Waals surface area contributed by atoms with E-state index in [9.17, 15) is 4.39 Å².